The number of nitrogens with zero attached hydrogens (tertiary/aromatic N) is 2. The van der Waals surface area contributed by atoms with E-state index in [4.69, 9.17) is 0 Å². The Bertz CT molecular complexity index is 732. The molecule has 1 aromatic carbocycles. The maximum absolute atomic E-state index is 12.4. The number of carbonyl (C=O) groups excluding carboxylic acids is 1. The Labute approximate surface area is 124 Å². The zero-order chi connectivity index (χ0) is 15.6. The Morgan fingerprint density at radius 2 is 2.10 bits per heavy atom. The van der Waals surface area contributed by atoms with Crippen LogP contribution in [0.2, 0.25) is 0 Å². The van der Waals surface area contributed by atoms with E-state index >= 15 is 0 Å². The quantitative estimate of drug-likeness (QED) is 0.935. The average Bonchev–Trinajstić information content (AvgIpc) is 2.42. The highest BCUT2D eigenvalue weighted by Gasteiger charge is 2.18. The highest BCUT2D eigenvalue weighted by atomic mass is 16.2. The number of benzene rings is 1. The Kier molecular flexibility index (Phi) is 4.11. The van der Waals surface area contributed by atoms with Crippen LogP contribution in [0, 0.1) is 6.92 Å². The molecule has 0 saturated carbocycles. The van der Waals surface area contributed by atoms with Gasteiger partial charge in [0.1, 0.15) is 6.54 Å². The molecule has 2 aromatic rings. The van der Waals surface area contributed by atoms with Gasteiger partial charge in [0.2, 0.25) is 5.91 Å². The molecule has 0 radical (unpaired) electrons. The molecule has 0 spiro atoms. The third-order valence-corrected chi connectivity index (χ3v) is 3.73. The second kappa shape index (κ2) is 5.68. The lowest BCUT2D eigenvalue weighted by molar-refractivity contribution is -0.123. The van der Waals surface area contributed by atoms with E-state index in [9.17, 15) is 9.59 Å². The molecule has 21 heavy (non-hydrogen) atoms. The summed E-state index contributed by atoms with van der Waals surface area (Å²) >= 11 is 0. The van der Waals surface area contributed by atoms with E-state index in [1.807, 2.05) is 39.8 Å². The van der Waals surface area contributed by atoms with Crippen LogP contribution in [0.1, 0.15) is 32.8 Å². The SMILES string of the molecule is CCC(C)(C)NC(=O)Cn1cnc2c(C)cccc2c1=O. The van der Waals surface area contributed by atoms with Gasteiger partial charge in [0.05, 0.1) is 17.2 Å². The first-order valence-corrected chi connectivity index (χ1v) is 7.10. The van der Waals surface area contributed by atoms with Crippen molar-refractivity contribution in [2.24, 2.45) is 0 Å². The summed E-state index contributed by atoms with van der Waals surface area (Å²) in [5, 5.41) is 3.46. The molecule has 5 nitrogen and oxygen atoms in total. The third kappa shape index (κ3) is 3.29. The Hall–Kier alpha value is -2.17. The Balaban J connectivity index is 2.30. The van der Waals surface area contributed by atoms with Crippen LogP contribution in [0.5, 0.6) is 0 Å². The van der Waals surface area contributed by atoms with Crippen molar-refractivity contribution in [1.29, 1.82) is 0 Å². The number of para-hydroxylation sites is 1. The van der Waals surface area contributed by atoms with Gasteiger partial charge in [0.25, 0.3) is 5.56 Å². The number of nitrogens with one attached hydrogen (secondary N) is 1. The van der Waals surface area contributed by atoms with E-state index < -0.39 is 0 Å². The maximum atomic E-state index is 12.4. The number of fused-ring (bicyclic) bond motifs is 1. The number of rotatable bonds is 4. The smallest absolute Gasteiger partial charge is 0.261 e. The van der Waals surface area contributed by atoms with Crippen molar-refractivity contribution in [3.05, 3.63) is 40.4 Å². The second-order valence-corrected chi connectivity index (χ2v) is 5.93. The molecule has 0 aliphatic rings. The molecule has 0 saturated heterocycles. The van der Waals surface area contributed by atoms with Gasteiger partial charge in [-0.25, -0.2) is 4.98 Å². The minimum absolute atomic E-state index is 0.0147. The van der Waals surface area contributed by atoms with Crippen molar-refractivity contribution in [1.82, 2.24) is 14.9 Å². The van der Waals surface area contributed by atoms with Gasteiger partial charge in [-0.1, -0.05) is 19.1 Å². The van der Waals surface area contributed by atoms with Gasteiger partial charge >= 0.3 is 0 Å². The highest BCUT2D eigenvalue weighted by Crippen LogP contribution is 2.11. The molecule has 0 aliphatic heterocycles. The van der Waals surface area contributed by atoms with Gasteiger partial charge in [-0.3, -0.25) is 14.2 Å². The first-order valence-electron chi connectivity index (χ1n) is 7.10. The number of carbonyl (C=O) groups is 1. The van der Waals surface area contributed by atoms with Crippen LogP contribution in [-0.4, -0.2) is 21.0 Å². The summed E-state index contributed by atoms with van der Waals surface area (Å²) in [7, 11) is 0. The fraction of sp³-hybridized carbons (Fsp3) is 0.438. The lowest BCUT2D eigenvalue weighted by atomic mass is 10.0. The van der Waals surface area contributed by atoms with Crippen LogP contribution in [0.3, 0.4) is 0 Å². The first-order chi connectivity index (χ1) is 9.84. The predicted octanol–water partition coefficient (Wildman–Crippen LogP) is 2.01. The normalized spacial score (nSPS) is 11.6. The van der Waals surface area contributed by atoms with Gasteiger partial charge in [0, 0.05) is 5.54 Å². The molecule has 0 bridgehead atoms. The summed E-state index contributed by atoms with van der Waals surface area (Å²) in [6.07, 6.45) is 2.26. The molecule has 112 valence electrons. The average molecular weight is 287 g/mol. The van der Waals surface area contributed by atoms with Gasteiger partial charge in [0.15, 0.2) is 0 Å². The lowest BCUT2D eigenvalue weighted by Gasteiger charge is -2.24. The largest absolute Gasteiger partial charge is 0.350 e. The second-order valence-electron chi connectivity index (χ2n) is 5.93. The summed E-state index contributed by atoms with van der Waals surface area (Å²) in [4.78, 5) is 28.7. The van der Waals surface area contributed by atoms with Crippen LogP contribution >= 0.6 is 0 Å². The third-order valence-electron chi connectivity index (χ3n) is 3.73. The molecule has 2 rings (SSSR count). The van der Waals surface area contributed by atoms with Crippen molar-refractivity contribution in [3.8, 4) is 0 Å². The van der Waals surface area contributed by atoms with Crippen molar-refractivity contribution in [2.75, 3.05) is 0 Å². The van der Waals surface area contributed by atoms with Crippen LogP contribution in [0.15, 0.2) is 29.3 Å². The van der Waals surface area contributed by atoms with E-state index in [0.717, 1.165) is 12.0 Å². The van der Waals surface area contributed by atoms with Crippen molar-refractivity contribution >= 4 is 16.8 Å². The molecule has 5 heteroatoms. The van der Waals surface area contributed by atoms with E-state index in [-0.39, 0.29) is 23.6 Å². The fourth-order valence-corrected chi connectivity index (χ4v) is 2.11. The highest BCUT2D eigenvalue weighted by molar-refractivity contribution is 5.81. The number of amides is 1. The fourth-order valence-electron chi connectivity index (χ4n) is 2.11. The van der Waals surface area contributed by atoms with E-state index in [1.165, 1.54) is 10.9 Å². The number of hydrogen-bond donors (Lipinski definition) is 1. The van der Waals surface area contributed by atoms with Gasteiger partial charge < -0.3 is 5.32 Å². The van der Waals surface area contributed by atoms with Crippen molar-refractivity contribution in [2.45, 2.75) is 46.2 Å². The van der Waals surface area contributed by atoms with Crippen LogP contribution in [-0.2, 0) is 11.3 Å². The molecule has 0 atom stereocenters. The van der Waals surface area contributed by atoms with E-state index in [1.54, 1.807) is 6.07 Å². The van der Waals surface area contributed by atoms with Crippen molar-refractivity contribution < 1.29 is 4.79 Å². The minimum atomic E-state index is -0.276. The molecule has 1 amide bonds. The summed E-state index contributed by atoms with van der Waals surface area (Å²) in [5.74, 6) is -0.183. The molecule has 1 heterocycles. The minimum Gasteiger partial charge on any atom is -0.350 e. The Morgan fingerprint density at radius 3 is 2.76 bits per heavy atom. The molecule has 1 aromatic heterocycles. The summed E-state index contributed by atoms with van der Waals surface area (Å²) < 4.78 is 1.35. The molecular weight excluding hydrogens is 266 g/mol. The zero-order valence-corrected chi connectivity index (χ0v) is 12.9. The predicted molar refractivity (Wildman–Crippen MR) is 83.3 cm³/mol. The lowest BCUT2D eigenvalue weighted by Crippen LogP contribution is -2.45. The molecule has 1 N–H and O–H groups in total. The van der Waals surface area contributed by atoms with Crippen molar-refractivity contribution in [3.63, 3.8) is 0 Å². The molecular formula is C16H21N3O2. The van der Waals surface area contributed by atoms with Gasteiger partial charge in [-0.15, -0.1) is 0 Å². The van der Waals surface area contributed by atoms with Gasteiger partial charge in [-0.05, 0) is 38.8 Å². The van der Waals surface area contributed by atoms with Crippen LogP contribution < -0.4 is 10.9 Å². The van der Waals surface area contributed by atoms with Gasteiger partial charge in [-0.2, -0.15) is 0 Å². The van der Waals surface area contributed by atoms with Crippen LogP contribution in [0.4, 0.5) is 0 Å². The monoisotopic (exact) mass is 287 g/mol. The number of hydrogen-bond acceptors (Lipinski definition) is 3. The summed E-state index contributed by atoms with van der Waals surface area (Å²) in [6.45, 7) is 7.81. The maximum Gasteiger partial charge on any atom is 0.261 e. The topological polar surface area (TPSA) is 64.0 Å². The Morgan fingerprint density at radius 1 is 1.38 bits per heavy atom. The standard InChI is InChI=1S/C16H21N3O2/c1-5-16(3,4)18-13(20)9-19-10-17-14-11(2)7-6-8-12(14)15(19)21/h6-8,10H,5,9H2,1-4H3,(H,18,20). The molecule has 0 unspecified atom stereocenters. The van der Waals surface area contributed by atoms with E-state index in [0.29, 0.717) is 10.9 Å². The first kappa shape index (κ1) is 15.2. The molecule has 0 aliphatic carbocycles. The number of aryl methyl sites for hydroxylation is 1. The van der Waals surface area contributed by atoms with Crippen LogP contribution in [0.25, 0.3) is 10.9 Å². The van der Waals surface area contributed by atoms with E-state index in [2.05, 4.69) is 10.3 Å². The summed E-state index contributed by atoms with van der Waals surface area (Å²) in [6, 6.07) is 5.48. The zero-order valence-electron chi connectivity index (χ0n) is 12.9. The molecule has 0 fully saturated rings. The summed E-state index contributed by atoms with van der Waals surface area (Å²) in [5.41, 5.74) is 1.18. The number of aromatic nitrogens is 2.